The van der Waals surface area contributed by atoms with Crippen molar-refractivity contribution in [1.29, 1.82) is 0 Å². The van der Waals surface area contributed by atoms with Gasteiger partial charge in [-0.15, -0.1) is 10.1 Å². The standard InChI is InChI=1S/C5H10N2O3/c8-7(9)10-5-6-3-1-2-4-6/h1-5H2. The molecule has 5 heteroatoms. The van der Waals surface area contributed by atoms with E-state index >= 15 is 0 Å². The summed E-state index contributed by atoms with van der Waals surface area (Å²) in [6.45, 7) is 1.98. The molecule has 0 bridgehead atoms. The smallest absolute Gasteiger partial charge is 0.295 e. The minimum atomic E-state index is -0.752. The molecule has 0 radical (unpaired) electrons. The molecule has 0 unspecified atom stereocenters. The summed E-state index contributed by atoms with van der Waals surface area (Å²) in [6.07, 6.45) is 2.25. The molecule has 1 saturated heterocycles. The average molecular weight is 146 g/mol. The third-order valence-corrected chi connectivity index (χ3v) is 1.54. The van der Waals surface area contributed by atoms with Crippen molar-refractivity contribution < 1.29 is 9.92 Å². The van der Waals surface area contributed by atoms with E-state index in [1.165, 1.54) is 0 Å². The molecule has 0 amide bonds. The lowest BCUT2D eigenvalue weighted by Crippen LogP contribution is -2.24. The predicted molar refractivity (Wildman–Crippen MR) is 33.8 cm³/mol. The molecule has 1 heterocycles. The van der Waals surface area contributed by atoms with Crippen LogP contribution in [0, 0.1) is 10.1 Å². The minimum absolute atomic E-state index is 0.132. The Kier molecular flexibility index (Phi) is 2.44. The fourth-order valence-electron chi connectivity index (χ4n) is 1.04. The van der Waals surface area contributed by atoms with E-state index in [-0.39, 0.29) is 6.73 Å². The van der Waals surface area contributed by atoms with Crippen LogP contribution in [0.15, 0.2) is 0 Å². The molecule has 58 valence electrons. The van der Waals surface area contributed by atoms with E-state index in [9.17, 15) is 10.1 Å². The molecule has 0 atom stereocenters. The van der Waals surface area contributed by atoms with Crippen LogP contribution in [0.4, 0.5) is 0 Å². The van der Waals surface area contributed by atoms with Crippen molar-refractivity contribution in [3.05, 3.63) is 10.1 Å². The first kappa shape index (κ1) is 7.27. The van der Waals surface area contributed by atoms with Crippen molar-refractivity contribution in [1.82, 2.24) is 4.90 Å². The molecular formula is C5H10N2O3. The lowest BCUT2D eigenvalue weighted by molar-refractivity contribution is -0.762. The van der Waals surface area contributed by atoms with Crippen molar-refractivity contribution in [3.63, 3.8) is 0 Å². The second-order valence-electron chi connectivity index (χ2n) is 2.31. The van der Waals surface area contributed by atoms with Gasteiger partial charge in [0.25, 0.3) is 5.09 Å². The Hall–Kier alpha value is -0.840. The van der Waals surface area contributed by atoms with Crippen molar-refractivity contribution in [3.8, 4) is 0 Å². The Morgan fingerprint density at radius 3 is 2.60 bits per heavy atom. The minimum Gasteiger partial charge on any atom is -0.298 e. The lowest BCUT2D eigenvalue weighted by Gasteiger charge is -2.11. The highest BCUT2D eigenvalue weighted by Gasteiger charge is 2.11. The normalized spacial score (nSPS) is 19.2. The summed E-state index contributed by atoms with van der Waals surface area (Å²) in [5.74, 6) is 0. The molecule has 0 aliphatic carbocycles. The Morgan fingerprint density at radius 2 is 2.10 bits per heavy atom. The van der Waals surface area contributed by atoms with Crippen LogP contribution in [0.25, 0.3) is 0 Å². The first-order valence-corrected chi connectivity index (χ1v) is 3.29. The van der Waals surface area contributed by atoms with Gasteiger partial charge in [0.15, 0.2) is 0 Å². The highest BCUT2D eigenvalue weighted by atomic mass is 17.0. The molecule has 1 aliphatic heterocycles. The summed E-state index contributed by atoms with van der Waals surface area (Å²) in [4.78, 5) is 15.8. The molecule has 0 N–H and O–H groups in total. The number of likely N-dealkylation sites (tertiary alicyclic amines) is 1. The average Bonchev–Trinajstić information content (AvgIpc) is 2.34. The van der Waals surface area contributed by atoms with E-state index in [1.807, 2.05) is 4.90 Å². The first-order valence-electron chi connectivity index (χ1n) is 3.29. The van der Waals surface area contributed by atoms with Crippen LogP contribution >= 0.6 is 0 Å². The van der Waals surface area contributed by atoms with Gasteiger partial charge in [-0.1, -0.05) is 0 Å². The predicted octanol–water partition coefficient (Wildman–Crippen LogP) is 0.248. The summed E-state index contributed by atoms with van der Waals surface area (Å²) in [5, 5.41) is 8.96. The molecule has 0 spiro atoms. The van der Waals surface area contributed by atoms with Gasteiger partial charge >= 0.3 is 0 Å². The van der Waals surface area contributed by atoms with Gasteiger partial charge in [0.2, 0.25) is 0 Å². The SMILES string of the molecule is O=[N+]([O-])OCN1CCCC1. The zero-order valence-electron chi connectivity index (χ0n) is 5.65. The van der Waals surface area contributed by atoms with Gasteiger partial charge in [0, 0.05) is 13.1 Å². The zero-order valence-corrected chi connectivity index (χ0v) is 5.65. The Bertz CT molecular complexity index is 122. The molecule has 0 saturated carbocycles. The van der Waals surface area contributed by atoms with Gasteiger partial charge in [-0.05, 0) is 12.8 Å². The second-order valence-corrected chi connectivity index (χ2v) is 2.31. The maximum Gasteiger partial charge on any atom is 0.295 e. The van der Waals surface area contributed by atoms with Crippen LogP contribution in [-0.4, -0.2) is 29.8 Å². The zero-order chi connectivity index (χ0) is 7.40. The number of rotatable bonds is 3. The maximum atomic E-state index is 9.71. The highest BCUT2D eigenvalue weighted by molar-refractivity contribution is 4.61. The van der Waals surface area contributed by atoms with Gasteiger partial charge in [0.1, 0.15) is 6.73 Å². The molecule has 0 aromatic rings. The maximum absolute atomic E-state index is 9.71. The third kappa shape index (κ3) is 2.18. The topological polar surface area (TPSA) is 55.6 Å². The van der Waals surface area contributed by atoms with Crippen LogP contribution in [0.1, 0.15) is 12.8 Å². The van der Waals surface area contributed by atoms with Crippen molar-refractivity contribution in [2.75, 3.05) is 19.8 Å². The first-order chi connectivity index (χ1) is 4.79. The molecule has 0 aromatic heterocycles. The molecule has 1 aliphatic rings. The molecule has 0 aromatic carbocycles. The van der Waals surface area contributed by atoms with E-state index in [0.717, 1.165) is 25.9 Å². The Balaban J connectivity index is 2.07. The van der Waals surface area contributed by atoms with E-state index in [0.29, 0.717) is 0 Å². The van der Waals surface area contributed by atoms with Crippen molar-refractivity contribution >= 4 is 0 Å². The Morgan fingerprint density at radius 1 is 1.50 bits per heavy atom. The third-order valence-electron chi connectivity index (χ3n) is 1.54. The van der Waals surface area contributed by atoms with Gasteiger partial charge in [-0.3, -0.25) is 9.74 Å². The van der Waals surface area contributed by atoms with Crippen LogP contribution in [0.2, 0.25) is 0 Å². The van der Waals surface area contributed by atoms with Crippen molar-refractivity contribution in [2.24, 2.45) is 0 Å². The summed E-state index contributed by atoms with van der Waals surface area (Å²) in [5.41, 5.74) is 0. The molecule has 10 heavy (non-hydrogen) atoms. The van der Waals surface area contributed by atoms with Gasteiger partial charge in [0.05, 0.1) is 0 Å². The van der Waals surface area contributed by atoms with Crippen LogP contribution < -0.4 is 0 Å². The monoisotopic (exact) mass is 146 g/mol. The summed E-state index contributed by atoms with van der Waals surface area (Å²) >= 11 is 0. The van der Waals surface area contributed by atoms with Gasteiger partial charge in [-0.25, -0.2) is 0 Å². The van der Waals surface area contributed by atoms with Crippen LogP contribution in [0.3, 0.4) is 0 Å². The van der Waals surface area contributed by atoms with E-state index in [1.54, 1.807) is 0 Å². The summed E-state index contributed by atoms with van der Waals surface area (Å²) < 4.78 is 0. The second kappa shape index (κ2) is 3.36. The molecule has 1 rings (SSSR count). The number of nitrogens with zero attached hydrogens (tertiary/aromatic N) is 2. The van der Waals surface area contributed by atoms with E-state index in [4.69, 9.17) is 0 Å². The van der Waals surface area contributed by atoms with Crippen molar-refractivity contribution in [2.45, 2.75) is 12.8 Å². The van der Waals surface area contributed by atoms with Crippen LogP contribution in [-0.2, 0) is 4.84 Å². The summed E-state index contributed by atoms with van der Waals surface area (Å²) in [6, 6.07) is 0. The fourth-order valence-corrected chi connectivity index (χ4v) is 1.04. The molecule has 5 nitrogen and oxygen atoms in total. The Labute approximate surface area is 58.7 Å². The molecular weight excluding hydrogens is 136 g/mol. The molecule has 1 fully saturated rings. The largest absolute Gasteiger partial charge is 0.298 e. The van der Waals surface area contributed by atoms with E-state index < -0.39 is 5.09 Å². The highest BCUT2D eigenvalue weighted by Crippen LogP contribution is 2.05. The van der Waals surface area contributed by atoms with Gasteiger partial charge < -0.3 is 0 Å². The quantitative estimate of drug-likeness (QED) is 0.423. The van der Waals surface area contributed by atoms with Crippen LogP contribution in [0.5, 0.6) is 0 Å². The van der Waals surface area contributed by atoms with Gasteiger partial charge in [-0.2, -0.15) is 0 Å². The van der Waals surface area contributed by atoms with E-state index in [2.05, 4.69) is 4.84 Å². The fraction of sp³-hybridized carbons (Fsp3) is 1.00. The summed E-state index contributed by atoms with van der Waals surface area (Å²) in [7, 11) is 0. The lowest BCUT2D eigenvalue weighted by atomic mass is 10.4. The number of hydrogen-bond donors (Lipinski definition) is 0. The number of hydrogen-bond acceptors (Lipinski definition) is 4.